The minimum absolute atomic E-state index is 0.106. The summed E-state index contributed by atoms with van der Waals surface area (Å²) in [5.41, 5.74) is 0.551. The number of carbonyl (C=O) groups excluding carboxylic acids is 1. The molecule has 1 aliphatic rings. The van der Waals surface area contributed by atoms with Crippen molar-refractivity contribution in [2.75, 3.05) is 13.1 Å². The summed E-state index contributed by atoms with van der Waals surface area (Å²) in [5.74, 6) is -1.31. The first kappa shape index (κ1) is 16.7. The number of aliphatic carboxylic acids is 1. The van der Waals surface area contributed by atoms with Crippen LogP contribution in [0.25, 0.3) is 0 Å². The molecule has 0 radical (unpaired) electrons. The quantitative estimate of drug-likeness (QED) is 0.774. The van der Waals surface area contributed by atoms with Crippen LogP contribution in [0.1, 0.15) is 47.5 Å². The van der Waals surface area contributed by atoms with Crippen LogP contribution in [0.3, 0.4) is 0 Å². The van der Waals surface area contributed by atoms with Gasteiger partial charge in [-0.2, -0.15) is 0 Å². The minimum Gasteiger partial charge on any atom is -0.478 e. The fourth-order valence-corrected chi connectivity index (χ4v) is 2.32. The second-order valence-electron chi connectivity index (χ2n) is 6.46. The van der Waals surface area contributed by atoms with Gasteiger partial charge in [-0.1, -0.05) is 0 Å². The van der Waals surface area contributed by atoms with Crippen LogP contribution in [0, 0.1) is 0 Å². The maximum absolute atomic E-state index is 12.0. The fourth-order valence-electron chi connectivity index (χ4n) is 2.32. The molecular formula is C15H26N2O3. The molecule has 1 aliphatic heterocycles. The second kappa shape index (κ2) is 6.39. The summed E-state index contributed by atoms with van der Waals surface area (Å²) in [5, 5.41) is 11.8. The van der Waals surface area contributed by atoms with E-state index in [1.54, 1.807) is 6.92 Å². The topological polar surface area (TPSA) is 69.6 Å². The van der Waals surface area contributed by atoms with Crippen LogP contribution in [0.2, 0.25) is 0 Å². The van der Waals surface area contributed by atoms with Crippen LogP contribution in [0.4, 0.5) is 0 Å². The highest BCUT2D eigenvalue weighted by molar-refractivity contribution is 6.01. The van der Waals surface area contributed by atoms with Gasteiger partial charge in [0.05, 0.1) is 0 Å². The smallest absolute Gasteiger partial charge is 0.331 e. The predicted molar refractivity (Wildman–Crippen MR) is 78.5 cm³/mol. The summed E-state index contributed by atoms with van der Waals surface area (Å²) in [6, 6.07) is 0.137. The van der Waals surface area contributed by atoms with E-state index in [9.17, 15) is 9.59 Å². The number of hydrogen-bond acceptors (Lipinski definition) is 3. The number of likely N-dealkylation sites (tertiary alicyclic amines) is 1. The molecule has 0 aliphatic carbocycles. The van der Waals surface area contributed by atoms with Crippen LogP contribution in [0.15, 0.2) is 11.1 Å². The largest absolute Gasteiger partial charge is 0.478 e. The van der Waals surface area contributed by atoms with E-state index in [0.717, 1.165) is 25.9 Å². The molecule has 20 heavy (non-hydrogen) atoms. The van der Waals surface area contributed by atoms with E-state index < -0.39 is 5.97 Å². The monoisotopic (exact) mass is 282 g/mol. The molecule has 0 aromatic heterocycles. The van der Waals surface area contributed by atoms with Crippen LogP contribution < -0.4 is 5.32 Å². The van der Waals surface area contributed by atoms with Crippen molar-refractivity contribution in [2.24, 2.45) is 0 Å². The first-order valence-electron chi connectivity index (χ1n) is 7.09. The minimum atomic E-state index is -1.04. The van der Waals surface area contributed by atoms with Gasteiger partial charge in [-0.25, -0.2) is 4.79 Å². The molecule has 114 valence electrons. The Morgan fingerprint density at radius 3 is 2.00 bits per heavy atom. The van der Waals surface area contributed by atoms with Gasteiger partial charge in [0, 0.05) is 35.8 Å². The third-order valence-electron chi connectivity index (χ3n) is 4.00. The van der Waals surface area contributed by atoms with Crippen molar-refractivity contribution >= 4 is 11.9 Å². The lowest BCUT2D eigenvalue weighted by Crippen LogP contribution is -2.51. The highest BCUT2D eigenvalue weighted by Gasteiger charge is 2.28. The molecule has 5 nitrogen and oxygen atoms in total. The molecule has 0 spiro atoms. The molecule has 0 aromatic carbocycles. The first-order valence-corrected chi connectivity index (χ1v) is 7.09. The molecule has 0 bridgehead atoms. The van der Waals surface area contributed by atoms with Crippen molar-refractivity contribution in [3.63, 3.8) is 0 Å². The maximum atomic E-state index is 12.0. The molecule has 5 heteroatoms. The fraction of sp³-hybridized carbons (Fsp3) is 0.733. The molecule has 1 fully saturated rings. The van der Waals surface area contributed by atoms with E-state index in [4.69, 9.17) is 5.11 Å². The SMILES string of the molecule is CC(C(=O)O)=C(C)C(=O)NC1CCN(C(C)(C)C)CC1. The van der Waals surface area contributed by atoms with Crippen molar-refractivity contribution < 1.29 is 14.7 Å². The summed E-state index contributed by atoms with van der Waals surface area (Å²) in [4.78, 5) is 25.2. The number of rotatable bonds is 3. The lowest BCUT2D eigenvalue weighted by molar-refractivity contribution is -0.133. The number of carbonyl (C=O) groups is 2. The lowest BCUT2D eigenvalue weighted by atomic mass is 9.97. The van der Waals surface area contributed by atoms with E-state index in [1.165, 1.54) is 6.92 Å². The van der Waals surface area contributed by atoms with E-state index in [-0.39, 0.29) is 28.6 Å². The molecule has 0 atom stereocenters. The Labute approximate surface area is 121 Å². The van der Waals surface area contributed by atoms with E-state index in [1.807, 2.05) is 0 Å². The Hall–Kier alpha value is -1.36. The first-order chi connectivity index (χ1) is 9.12. The highest BCUT2D eigenvalue weighted by Crippen LogP contribution is 2.20. The molecular weight excluding hydrogens is 256 g/mol. The van der Waals surface area contributed by atoms with Crippen molar-refractivity contribution in [1.29, 1.82) is 0 Å². The van der Waals surface area contributed by atoms with Gasteiger partial charge in [0.2, 0.25) is 5.91 Å². The number of carboxylic acid groups (broad SMARTS) is 1. The van der Waals surface area contributed by atoms with Gasteiger partial charge in [0.15, 0.2) is 0 Å². The lowest BCUT2D eigenvalue weighted by Gasteiger charge is -2.41. The number of carboxylic acids is 1. The van der Waals surface area contributed by atoms with E-state index in [0.29, 0.717) is 0 Å². The van der Waals surface area contributed by atoms with Gasteiger partial charge in [-0.3, -0.25) is 9.69 Å². The Morgan fingerprint density at radius 2 is 1.60 bits per heavy atom. The van der Waals surface area contributed by atoms with Gasteiger partial charge in [0.25, 0.3) is 0 Å². The Bertz CT molecular complexity index is 413. The normalized spacial score (nSPS) is 19.4. The highest BCUT2D eigenvalue weighted by atomic mass is 16.4. The number of amides is 1. The van der Waals surface area contributed by atoms with E-state index in [2.05, 4.69) is 31.0 Å². The molecule has 2 N–H and O–H groups in total. The maximum Gasteiger partial charge on any atom is 0.331 e. The zero-order valence-electron chi connectivity index (χ0n) is 13.1. The Morgan fingerprint density at radius 1 is 1.10 bits per heavy atom. The van der Waals surface area contributed by atoms with E-state index >= 15 is 0 Å². The summed E-state index contributed by atoms with van der Waals surface area (Å²) in [6.07, 6.45) is 1.81. The number of hydrogen-bond donors (Lipinski definition) is 2. The average molecular weight is 282 g/mol. The van der Waals surface area contributed by atoms with Gasteiger partial charge in [-0.05, 0) is 47.5 Å². The summed E-state index contributed by atoms with van der Waals surface area (Å²) in [6.45, 7) is 11.5. The molecule has 1 heterocycles. The van der Waals surface area contributed by atoms with Crippen LogP contribution >= 0.6 is 0 Å². The van der Waals surface area contributed by atoms with Crippen molar-refractivity contribution in [3.05, 3.63) is 11.1 Å². The number of nitrogens with zero attached hydrogens (tertiary/aromatic N) is 1. The molecule has 0 aromatic rings. The second-order valence-corrected chi connectivity index (χ2v) is 6.46. The third-order valence-corrected chi connectivity index (χ3v) is 4.00. The summed E-state index contributed by atoms with van der Waals surface area (Å²) >= 11 is 0. The molecule has 1 saturated heterocycles. The standard InChI is InChI=1S/C15H26N2O3/c1-10(11(2)14(19)20)13(18)16-12-6-8-17(9-7-12)15(3,4)5/h12H,6-9H2,1-5H3,(H,16,18)(H,19,20). The molecule has 0 unspecified atom stereocenters. The third kappa shape index (κ3) is 4.34. The predicted octanol–water partition coefficient (Wildman–Crippen LogP) is 1.79. The van der Waals surface area contributed by atoms with Gasteiger partial charge in [-0.15, -0.1) is 0 Å². The summed E-state index contributed by atoms with van der Waals surface area (Å²) < 4.78 is 0. The van der Waals surface area contributed by atoms with Crippen LogP contribution in [-0.4, -0.2) is 46.6 Å². The molecule has 0 saturated carbocycles. The van der Waals surface area contributed by atoms with Gasteiger partial charge >= 0.3 is 5.97 Å². The van der Waals surface area contributed by atoms with Gasteiger partial charge in [0.1, 0.15) is 0 Å². The Balaban J connectivity index is 2.55. The molecule has 1 rings (SSSR count). The van der Waals surface area contributed by atoms with Gasteiger partial charge < -0.3 is 10.4 Å². The zero-order chi connectivity index (χ0) is 15.5. The van der Waals surface area contributed by atoms with Crippen LogP contribution in [0.5, 0.6) is 0 Å². The molecule has 1 amide bonds. The average Bonchev–Trinajstić information content (AvgIpc) is 2.36. The summed E-state index contributed by atoms with van der Waals surface area (Å²) in [7, 11) is 0. The zero-order valence-corrected chi connectivity index (χ0v) is 13.1. The van der Waals surface area contributed by atoms with Crippen molar-refractivity contribution in [2.45, 2.75) is 59.0 Å². The number of piperidine rings is 1. The Kier molecular flexibility index (Phi) is 5.34. The number of nitrogens with one attached hydrogen (secondary N) is 1. The van der Waals surface area contributed by atoms with Crippen LogP contribution in [-0.2, 0) is 9.59 Å². The van der Waals surface area contributed by atoms with Crippen molar-refractivity contribution in [1.82, 2.24) is 10.2 Å². The van der Waals surface area contributed by atoms with Crippen molar-refractivity contribution in [3.8, 4) is 0 Å².